The normalized spacial score (nSPS) is 10.7. The van der Waals surface area contributed by atoms with Gasteiger partial charge >= 0.3 is 5.97 Å². The lowest BCUT2D eigenvalue weighted by molar-refractivity contribution is -0.142. The van der Waals surface area contributed by atoms with Crippen LogP contribution < -0.4 is 0 Å². The molecule has 0 radical (unpaired) electrons. The van der Waals surface area contributed by atoms with E-state index in [-0.39, 0.29) is 13.2 Å². The zero-order valence-corrected chi connectivity index (χ0v) is 7.84. The Kier molecular flexibility index (Phi) is 2.64. The van der Waals surface area contributed by atoms with Gasteiger partial charge in [0.05, 0.1) is 0 Å². The quantitative estimate of drug-likeness (QED) is 0.820. The smallest absolute Gasteiger partial charge is 0.329 e. The van der Waals surface area contributed by atoms with Crippen LogP contribution in [-0.4, -0.2) is 22.7 Å². The molecule has 0 saturated heterocycles. The lowest BCUT2D eigenvalue weighted by atomic mass is 10.3. The van der Waals surface area contributed by atoms with Crippen molar-refractivity contribution in [2.45, 2.75) is 6.61 Å². The van der Waals surface area contributed by atoms with E-state index in [2.05, 4.69) is 4.98 Å². The molecule has 15 heavy (non-hydrogen) atoms. The van der Waals surface area contributed by atoms with Gasteiger partial charge in [0.15, 0.2) is 5.58 Å². The molecule has 78 valence electrons. The molecule has 0 unspecified atom stereocenters. The second-order valence-electron chi connectivity index (χ2n) is 2.96. The number of ether oxygens (including phenoxy) is 1. The van der Waals surface area contributed by atoms with Crippen molar-refractivity contribution in [2.24, 2.45) is 0 Å². The van der Waals surface area contributed by atoms with E-state index >= 15 is 0 Å². The first-order chi connectivity index (χ1) is 7.25. The van der Waals surface area contributed by atoms with Crippen molar-refractivity contribution in [1.29, 1.82) is 0 Å². The third kappa shape index (κ3) is 2.32. The van der Waals surface area contributed by atoms with E-state index < -0.39 is 5.97 Å². The molecule has 0 spiro atoms. The largest absolute Gasteiger partial charge is 0.480 e. The van der Waals surface area contributed by atoms with Gasteiger partial charge in [-0.15, -0.1) is 0 Å². The summed E-state index contributed by atoms with van der Waals surface area (Å²) >= 11 is 0. The zero-order chi connectivity index (χ0) is 10.7. The predicted molar refractivity (Wildman–Crippen MR) is 51.3 cm³/mol. The number of aliphatic carboxylic acids is 1. The molecule has 0 amide bonds. The Balaban J connectivity index is 2.05. The van der Waals surface area contributed by atoms with Crippen molar-refractivity contribution in [3.63, 3.8) is 0 Å². The number of rotatable bonds is 4. The first kappa shape index (κ1) is 9.67. The Morgan fingerprint density at radius 2 is 2.27 bits per heavy atom. The minimum absolute atomic E-state index is 0.0704. The molecule has 2 rings (SSSR count). The minimum Gasteiger partial charge on any atom is -0.480 e. The van der Waals surface area contributed by atoms with Gasteiger partial charge in [-0.05, 0) is 12.1 Å². The molecule has 0 bridgehead atoms. The van der Waals surface area contributed by atoms with Crippen molar-refractivity contribution in [2.75, 3.05) is 6.61 Å². The number of hydrogen-bond donors (Lipinski definition) is 1. The molecule has 0 atom stereocenters. The number of carbonyl (C=O) groups is 1. The summed E-state index contributed by atoms with van der Waals surface area (Å²) in [5.41, 5.74) is 1.41. The summed E-state index contributed by atoms with van der Waals surface area (Å²) in [5.74, 6) is -0.622. The molecule has 0 aliphatic rings. The topological polar surface area (TPSA) is 72.6 Å². The lowest BCUT2D eigenvalue weighted by Gasteiger charge is -1.94. The van der Waals surface area contributed by atoms with Crippen molar-refractivity contribution in [3.05, 3.63) is 30.2 Å². The van der Waals surface area contributed by atoms with Gasteiger partial charge < -0.3 is 14.3 Å². The SMILES string of the molecule is O=C(O)COCc1nc2ccccc2o1. The summed E-state index contributed by atoms with van der Waals surface area (Å²) in [5, 5.41) is 8.36. The Labute approximate surface area is 85.3 Å². The first-order valence-electron chi connectivity index (χ1n) is 4.40. The number of benzene rings is 1. The van der Waals surface area contributed by atoms with E-state index in [9.17, 15) is 4.79 Å². The molecule has 0 aliphatic carbocycles. The van der Waals surface area contributed by atoms with Gasteiger partial charge in [0.25, 0.3) is 0 Å². The highest BCUT2D eigenvalue weighted by Gasteiger charge is 2.05. The number of hydrogen-bond acceptors (Lipinski definition) is 4. The number of oxazole rings is 1. The summed E-state index contributed by atoms with van der Waals surface area (Å²) in [6.07, 6.45) is 0. The summed E-state index contributed by atoms with van der Waals surface area (Å²) in [7, 11) is 0. The van der Waals surface area contributed by atoms with Crippen LogP contribution >= 0.6 is 0 Å². The maximum atomic E-state index is 10.2. The summed E-state index contributed by atoms with van der Waals surface area (Å²) < 4.78 is 10.2. The van der Waals surface area contributed by atoms with Crippen LogP contribution in [0.2, 0.25) is 0 Å². The monoisotopic (exact) mass is 207 g/mol. The van der Waals surface area contributed by atoms with Gasteiger partial charge in [-0.2, -0.15) is 0 Å². The van der Waals surface area contributed by atoms with Crippen LogP contribution in [0.3, 0.4) is 0 Å². The molecule has 0 aliphatic heterocycles. The van der Waals surface area contributed by atoms with Crippen LogP contribution in [0.15, 0.2) is 28.7 Å². The van der Waals surface area contributed by atoms with Crippen molar-refractivity contribution < 1.29 is 19.1 Å². The Hall–Kier alpha value is -1.88. The van der Waals surface area contributed by atoms with Crippen molar-refractivity contribution >= 4 is 17.1 Å². The Morgan fingerprint density at radius 3 is 3.00 bits per heavy atom. The third-order valence-corrected chi connectivity index (χ3v) is 1.79. The van der Waals surface area contributed by atoms with Crippen molar-refractivity contribution in [3.8, 4) is 0 Å². The fourth-order valence-electron chi connectivity index (χ4n) is 1.21. The van der Waals surface area contributed by atoms with E-state index in [0.29, 0.717) is 11.5 Å². The number of fused-ring (bicyclic) bond motifs is 1. The van der Waals surface area contributed by atoms with E-state index in [4.69, 9.17) is 14.3 Å². The molecule has 0 saturated carbocycles. The van der Waals surface area contributed by atoms with Gasteiger partial charge in [-0.1, -0.05) is 12.1 Å². The average Bonchev–Trinajstić information content (AvgIpc) is 2.59. The number of nitrogens with zero attached hydrogens (tertiary/aromatic N) is 1. The summed E-state index contributed by atoms with van der Waals surface area (Å²) in [6, 6.07) is 7.31. The highest BCUT2D eigenvalue weighted by molar-refractivity contribution is 5.72. The zero-order valence-electron chi connectivity index (χ0n) is 7.84. The molecular formula is C10H9NO4. The van der Waals surface area contributed by atoms with E-state index in [0.717, 1.165) is 5.52 Å². The predicted octanol–water partition coefficient (Wildman–Crippen LogP) is 1.43. The maximum absolute atomic E-state index is 10.2. The molecule has 1 aromatic heterocycles. The highest BCUT2D eigenvalue weighted by Crippen LogP contribution is 2.14. The van der Waals surface area contributed by atoms with Crippen LogP contribution in [0, 0.1) is 0 Å². The molecular weight excluding hydrogens is 198 g/mol. The first-order valence-corrected chi connectivity index (χ1v) is 4.40. The van der Waals surface area contributed by atoms with E-state index in [1.807, 2.05) is 18.2 Å². The van der Waals surface area contributed by atoms with Crippen LogP contribution in [0.25, 0.3) is 11.1 Å². The number of carboxylic acid groups (broad SMARTS) is 1. The van der Waals surface area contributed by atoms with Crippen LogP contribution in [-0.2, 0) is 16.1 Å². The molecule has 5 nitrogen and oxygen atoms in total. The second kappa shape index (κ2) is 4.10. The van der Waals surface area contributed by atoms with Crippen LogP contribution in [0.5, 0.6) is 0 Å². The highest BCUT2D eigenvalue weighted by atomic mass is 16.5. The number of para-hydroxylation sites is 2. The fourth-order valence-corrected chi connectivity index (χ4v) is 1.21. The van der Waals surface area contributed by atoms with E-state index in [1.165, 1.54) is 0 Å². The van der Waals surface area contributed by atoms with Gasteiger partial charge in [-0.3, -0.25) is 0 Å². The fraction of sp³-hybridized carbons (Fsp3) is 0.200. The summed E-state index contributed by atoms with van der Waals surface area (Å²) in [4.78, 5) is 14.3. The molecule has 5 heteroatoms. The lowest BCUT2D eigenvalue weighted by Crippen LogP contribution is -2.06. The van der Waals surface area contributed by atoms with Crippen molar-refractivity contribution in [1.82, 2.24) is 4.98 Å². The average molecular weight is 207 g/mol. The Morgan fingerprint density at radius 1 is 1.47 bits per heavy atom. The second-order valence-corrected chi connectivity index (χ2v) is 2.96. The Bertz CT molecular complexity index is 444. The van der Waals surface area contributed by atoms with Gasteiger partial charge in [0.2, 0.25) is 5.89 Å². The van der Waals surface area contributed by atoms with E-state index in [1.54, 1.807) is 6.07 Å². The molecule has 1 heterocycles. The third-order valence-electron chi connectivity index (χ3n) is 1.79. The molecule has 1 aromatic carbocycles. The minimum atomic E-state index is -1.01. The van der Waals surface area contributed by atoms with Gasteiger partial charge in [0.1, 0.15) is 18.7 Å². The number of aromatic nitrogens is 1. The standard InChI is InChI=1S/C10H9NO4/c12-10(13)6-14-5-9-11-7-3-1-2-4-8(7)15-9/h1-4H,5-6H2,(H,12,13). The molecule has 1 N–H and O–H groups in total. The number of carboxylic acids is 1. The van der Waals surface area contributed by atoms with Crippen LogP contribution in [0.4, 0.5) is 0 Å². The van der Waals surface area contributed by atoms with Gasteiger partial charge in [-0.25, -0.2) is 9.78 Å². The van der Waals surface area contributed by atoms with Gasteiger partial charge in [0, 0.05) is 0 Å². The van der Waals surface area contributed by atoms with Crippen LogP contribution in [0.1, 0.15) is 5.89 Å². The molecule has 0 fully saturated rings. The maximum Gasteiger partial charge on any atom is 0.329 e. The molecule has 2 aromatic rings. The summed E-state index contributed by atoms with van der Waals surface area (Å²) in [6.45, 7) is -0.278.